The van der Waals surface area contributed by atoms with Gasteiger partial charge < -0.3 is 9.94 Å². The highest BCUT2D eigenvalue weighted by atomic mass is 16.6. The molecule has 0 saturated carbocycles. The molecule has 0 bridgehead atoms. The van der Waals surface area contributed by atoms with Crippen molar-refractivity contribution < 1.29 is 9.94 Å². The Labute approximate surface area is 115 Å². The van der Waals surface area contributed by atoms with E-state index in [4.69, 9.17) is 9.94 Å². The van der Waals surface area contributed by atoms with E-state index >= 15 is 0 Å². The quantitative estimate of drug-likeness (QED) is 0.449. The molecule has 1 aromatic rings. The average Bonchev–Trinajstić information content (AvgIpc) is 2.42. The maximum Gasteiger partial charge on any atom is 0.169 e. The molecule has 0 atom stereocenters. The molecule has 0 saturated heterocycles. The summed E-state index contributed by atoms with van der Waals surface area (Å²) in [5.74, 6) is 6.85. The molecule has 1 aromatic heterocycles. The molecular weight excluding hydrogens is 240 g/mol. The van der Waals surface area contributed by atoms with Crippen LogP contribution in [-0.4, -0.2) is 23.2 Å². The number of unbranched alkanes of at least 4 members (excludes halogenated alkanes) is 2. The van der Waals surface area contributed by atoms with E-state index in [9.17, 15) is 0 Å². The molecule has 4 nitrogen and oxygen atoms in total. The summed E-state index contributed by atoms with van der Waals surface area (Å²) in [5.41, 5.74) is 4.58. The summed E-state index contributed by atoms with van der Waals surface area (Å²) in [4.78, 5) is 9.71. The Morgan fingerprint density at radius 1 is 1.42 bits per heavy atom. The Kier molecular flexibility index (Phi) is 7.64. The topological polar surface area (TPSA) is 54.4 Å². The van der Waals surface area contributed by atoms with Gasteiger partial charge in [0.2, 0.25) is 0 Å². The smallest absolute Gasteiger partial charge is 0.169 e. The van der Waals surface area contributed by atoms with Crippen molar-refractivity contribution in [1.29, 1.82) is 0 Å². The van der Waals surface area contributed by atoms with Crippen LogP contribution in [0.1, 0.15) is 43.9 Å². The van der Waals surface area contributed by atoms with Crippen LogP contribution in [0, 0.1) is 18.8 Å². The largest absolute Gasteiger partial charge is 0.407 e. The van der Waals surface area contributed by atoms with Gasteiger partial charge in [-0.15, -0.1) is 0 Å². The molecule has 0 aliphatic rings. The van der Waals surface area contributed by atoms with E-state index in [1.807, 2.05) is 13.0 Å². The first-order valence-corrected chi connectivity index (χ1v) is 6.74. The fourth-order valence-corrected chi connectivity index (χ4v) is 1.41. The summed E-state index contributed by atoms with van der Waals surface area (Å²) >= 11 is 0. The van der Waals surface area contributed by atoms with Crippen molar-refractivity contribution in [1.82, 2.24) is 10.5 Å². The predicted molar refractivity (Wildman–Crippen MR) is 75.7 cm³/mol. The van der Waals surface area contributed by atoms with Gasteiger partial charge in [-0.3, -0.25) is 4.98 Å². The summed E-state index contributed by atoms with van der Waals surface area (Å²) in [6.07, 6.45) is 5.27. The van der Waals surface area contributed by atoms with Crippen LogP contribution in [0.2, 0.25) is 0 Å². The minimum Gasteiger partial charge on any atom is -0.407 e. The molecule has 0 radical (unpaired) electrons. The van der Waals surface area contributed by atoms with Crippen LogP contribution in [0.25, 0.3) is 0 Å². The lowest BCUT2D eigenvalue weighted by molar-refractivity contribution is 0.194. The third kappa shape index (κ3) is 6.23. The second kappa shape index (κ2) is 9.37. The van der Waals surface area contributed by atoms with E-state index < -0.39 is 0 Å². The average molecular weight is 262 g/mol. The van der Waals surface area contributed by atoms with Gasteiger partial charge in [0.25, 0.3) is 0 Å². The summed E-state index contributed by atoms with van der Waals surface area (Å²) < 4.78 is 0. The molecule has 0 amide bonds. The number of nitrogens with one attached hydrogen (secondary N) is 1. The lowest BCUT2D eigenvalue weighted by atomic mass is 10.2. The van der Waals surface area contributed by atoms with Crippen LogP contribution in [0.3, 0.4) is 0 Å². The third-order valence-electron chi connectivity index (χ3n) is 2.52. The maximum absolute atomic E-state index is 8.67. The van der Waals surface area contributed by atoms with E-state index in [0.717, 1.165) is 49.2 Å². The van der Waals surface area contributed by atoms with Gasteiger partial charge in [0.1, 0.15) is 0 Å². The lowest BCUT2D eigenvalue weighted by Gasteiger charge is -2.08. The molecular formula is C15H22N2O2. The molecule has 19 heavy (non-hydrogen) atoms. The molecule has 4 heteroatoms. The van der Waals surface area contributed by atoms with Crippen LogP contribution in [-0.2, 0) is 0 Å². The number of nitrogens with zero attached hydrogens (tertiary/aromatic N) is 1. The minimum absolute atomic E-state index is 0.231. The highest BCUT2D eigenvalue weighted by Crippen LogP contribution is 2.15. The van der Waals surface area contributed by atoms with Gasteiger partial charge in [0, 0.05) is 37.4 Å². The Hall–Kier alpha value is -1.57. The Bertz CT molecular complexity index is 436. The molecule has 104 valence electrons. The van der Waals surface area contributed by atoms with Crippen molar-refractivity contribution in [2.24, 2.45) is 0 Å². The Balaban J connectivity index is 2.57. The van der Waals surface area contributed by atoms with Gasteiger partial charge in [0.05, 0.1) is 5.69 Å². The monoisotopic (exact) mass is 262 g/mol. The van der Waals surface area contributed by atoms with Gasteiger partial charge in [-0.1, -0.05) is 18.8 Å². The zero-order valence-corrected chi connectivity index (χ0v) is 11.7. The first kappa shape index (κ1) is 15.5. The Morgan fingerprint density at radius 2 is 2.26 bits per heavy atom. The zero-order chi connectivity index (χ0) is 13.9. The highest BCUT2D eigenvalue weighted by Gasteiger charge is 2.01. The fourth-order valence-electron chi connectivity index (χ4n) is 1.41. The van der Waals surface area contributed by atoms with E-state index in [2.05, 4.69) is 29.2 Å². The molecule has 0 aromatic carbocycles. The minimum atomic E-state index is 0.231. The highest BCUT2D eigenvalue weighted by molar-refractivity contribution is 5.39. The second-order valence-electron chi connectivity index (χ2n) is 4.29. The van der Waals surface area contributed by atoms with Crippen molar-refractivity contribution in [3.05, 3.63) is 23.5 Å². The van der Waals surface area contributed by atoms with Crippen LogP contribution in [0.5, 0.6) is 5.75 Å². The fraction of sp³-hybridized carbons (Fsp3) is 0.533. The van der Waals surface area contributed by atoms with Crippen LogP contribution in [0.4, 0.5) is 0 Å². The first-order chi connectivity index (χ1) is 9.27. The molecule has 1 rings (SSSR count). The lowest BCUT2D eigenvalue weighted by Crippen LogP contribution is -2.19. The molecule has 0 aliphatic heterocycles. The van der Waals surface area contributed by atoms with E-state index in [0.29, 0.717) is 0 Å². The molecule has 0 fully saturated rings. The van der Waals surface area contributed by atoms with Crippen molar-refractivity contribution in [2.45, 2.75) is 39.5 Å². The summed E-state index contributed by atoms with van der Waals surface area (Å²) in [5, 5.41) is 8.67. The number of aromatic nitrogens is 1. The number of aliphatic hydroxyl groups excluding tert-OH is 1. The molecule has 1 heterocycles. The second-order valence-corrected chi connectivity index (χ2v) is 4.29. The number of hydrogen-bond acceptors (Lipinski definition) is 4. The maximum atomic E-state index is 8.67. The van der Waals surface area contributed by atoms with Crippen LogP contribution in [0.15, 0.2) is 12.3 Å². The standard InChI is InChI=1S/C15H22N2O2/c1-3-9-17-19-15-11-14(12-16-13(15)2)8-6-4-5-7-10-18/h11-12,17-18H,3-5,7,9-10H2,1-2H3. The molecule has 0 aliphatic carbocycles. The SMILES string of the molecule is CCCNOc1cc(C#CCCCCO)cnc1C. The van der Waals surface area contributed by atoms with Crippen molar-refractivity contribution in [3.8, 4) is 17.6 Å². The van der Waals surface area contributed by atoms with E-state index in [1.54, 1.807) is 6.20 Å². The number of hydroxylamine groups is 1. The molecule has 2 N–H and O–H groups in total. The number of aryl methyl sites for hydroxylation is 1. The van der Waals surface area contributed by atoms with Crippen molar-refractivity contribution >= 4 is 0 Å². The van der Waals surface area contributed by atoms with Crippen molar-refractivity contribution in [2.75, 3.05) is 13.2 Å². The summed E-state index contributed by atoms with van der Waals surface area (Å²) in [6.45, 7) is 5.02. The van der Waals surface area contributed by atoms with Crippen LogP contribution >= 0.6 is 0 Å². The Morgan fingerprint density at radius 3 is 3.00 bits per heavy atom. The van der Waals surface area contributed by atoms with E-state index in [-0.39, 0.29) is 6.61 Å². The van der Waals surface area contributed by atoms with Gasteiger partial charge in [-0.05, 0) is 26.2 Å². The normalized spacial score (nSPS) is 9.84. The summed E-state index contributed by atoms with van der Waals surface area (Å²) in [7, 11) is 0. The molecule has 0 spiro atoms. The van der Waals surface area contributed by atoms with Gasteiger partial charge in [-0.25, -0.2) is 0 Å². The predicted octanol–water partition coefficient (Wildman–Crippen LogP) is 2.20. The van der Waals surface area contributed by atoms with E-state index in [1.165, 1.54) is 0 Å². The number of hydrogen-bond donors (Lipinski definition) is 2. The first-order valence-electron chi connectivity index (χ1n) is 6.74. The van der Waals surface area contributed by atoms with Gasteiger partial charge in [0.15, 0.2) is 5.75 Å². The third-order valence-corrected chi connectivity index (χ3v) is 2.52. The zero-order valence-electron chi connectivity index (χ0n) is 11.7. The van der Waals surface area contributed by atoms with Crippen molar-refractivity contribution in [3.63, 3.8) is 0 Å². The van der Waals surface area contributed by atoms with Gasteiger partial charge in [-0.2, -0.15) is 5.48 Å². The number of aliphatic hydroxyl groups is 1. The van der Waals surface area contributed by atoms with Crippen LogP contribution < -0.4 is 10.3 Å². The number of pyridine rings is 1. The van der Waals surface area contributed by atoms with Gasteiger partial charge >= 0.3 is 0 Å². The molecule has 0 unspecified atom stereocenters. The summed E-state index contributed by atoms with van der Waals surface area (Å²) in [6, 6.07) is 1.89. The number of rotatable bonds is 7.